The molecule has 0 aromatic heterocycles. The van der Waals surface area contributed by atoms with Crippen molar-refractivity contribution >= 4 is 52.2 Å². The summed E-state index contributed by atoms with van der Waals surface area (Å²) in [6.07, 6.45) is 1.67. The molecule has 1 fully saturated rings. The van der Waals surface area contributed by atoms with Crippen molar-refractivity contribution in [3.05, 3.63) is 70.1 Å². The van der Waals surface area contributed by atoms with Crippen LogP contribution in [0.5, 0.6) is 5.75 Å². The van der Waals surface area contributed by atoms with E-state index in [9.17, 15) is 14.4 Å². The van der Waals surface area contributed by atoms with Crippen molar-refractivity contribution in [2.75, 3.05) is 13.7 Å². The average Bonchev–Trinajstić information content (AvgIpc) is 3.00. The van der Waals surface area contributed by atoms with Crippen LogP contribution in [-0.2, 0) is 20.9 Å². The molecule has 2 aromatic carbocycles. The van der Waals surface area contributed by atoms with Gasteiger partial charge in [0.1, 0.15) is 23.2 Å². The number of hydrogen-bond acceptors (Lipinski definition) is 7. The number of aromatic carboxylic acids is 1. The fraction of sp³-hybridized carbons (Fsp3) is 0.143. The monoisotopic (exact) mass is 443 g/mol. The Morgan fingerprint density at radius 2 is 1.87 bits per heavy atom. The molecule has 3 rings (SSSR count). The van der Waals surface area contributed by atoms with Crippen LogP contribution in [0.15, 0.2) is 53.4 Å². The molecular weight excluding hydrogens is 426 g/mol. The Balaban J connectivity index is 1.75. The first kappa shape index (κ1) is 21.5. The van der Waals surface area contributed by atoms with Gasteiger partial charge in [0, 0.05) is 5.56 Å². The number of benzene rings is 2. The molecular formula is C21H17NO6S2. The molecule has 0 saturated carbocycles. The maximum Gasteiger partial charge on any atom is 0.335 e. The summed E-state index contributed by atoms with van der Waals surface area (Å²) in [4.78, 5) is 36.6. The minimum Gasteiger partial charge on any atom is -0.488 e. The van der Waals surface area contributed by atoms with E-state index in [-0.39, 0.29) is 28.9 Å². The van der Waals surface area contributed by atoms with Crippen molar-refractivity contribution in [3.8, 4) is 5.75 Å². The van der Waals surface area contributed by atoms with Crippen LogP contribution in [0.2, 0.25) is 0 Å². The molecule has 1 aliphatic heterocycles. The second-order valence-electron chi connectivity index (χ2n) is 6.17. The molecule has 1 amide bonds. The van der Waals surface area contributed by atoms with Gasteiger partial charge in [-0.2, -0.15) is 0 Å². The number of carboxylic acid groups (broad SMARTS) is 1. The van der Waals surface area contributed by atoms with Crippen molar-refractivity contribution in [1.29, 1.82) is 0 Å². The summed E-state index contributed by atoms with van der Waals surface area (Å²) in [5, 5.41) is 8.97. The third-order valence-electron chi connectivity index (χ3n) is 4.19. The molecule has 7 nitrogen and oxygen atoms in total. The molecule has 1 saturated heterocycles. The number of carbonyl (C=O) groups is 3. The highest BCUT2D eigenvalue weighted by Crippen LogP contribution is 2.34. The van der Waals surface area contributed by atoms with Gasteiger partial charge in [-0.1, -0.05) is 54.3 Å². The number of rotatable bonds is 7. The lowest BCUT2D eigenvalue weighted by Gasteiger charge is -2.12. The minimum atomic E-state index is -0.989. The number of hydrogen-bond donors (Lipinski definition) is 1. The first-order chi connectivity index (χ1) is 14.4. The van der Waals surface area contributed by atoms with E-state index < -0.39 is 11.9 Å². The highest BCUT2D eigenvalue weighted by Gasteiger charge is 2.33. The molecule has 0 spiro atoms. The van der Waals surface area contributed by atoms with Crippen molar-refractivity contribution in [2.24, 2.45) is 0 Å². The highest BCUT2D eigenvalue weighted by molar-refractivity contribution is 8.26. The summed E-state index contributed by atoms with van der Waals surface area (Å²) in [7, 11) is 1.25. The number of carbonyl (C=O) groups excluding carboxylic acids is 2. The first-order valence-electron chi connectivity index (χ1n) is 8.75. The van der Waals surface area contributed by atoms with Crippen molar-refractivity contribution in [2.45, 2.75) is 6.61 Å². The molecule has 0 radical (unpaired) electrons. The second kappa shape index (κ2) is 9.55. The van der Waals surface area contributed by atoms with Crippen LogP contribution in [0.1, 0.15) is 21.5 Å². The number of carboxylic acids is 1. The van der Waals surface area contributed by atoms with Crippen LogP contribution in [0.3, 0.4) is 0 Å². The summed E-state index contributed by atoms with van der Waals surface area (Å²) in [5.41, 5.74) is 1.69. The molecule has 1 N–H and O–H groups in total. The second-order valence-corrected chi connectivity index (χ2v) is 7.85. The fourth-order valence-electron chi connectivity index (χ4n) is 2.61. The molecule has 1 heterocycles. The van der Waals surface area contributed by atoms with Gasteiger partial charge < -0.3 is 14.6 Å². The van der Waals surface area contributed by atoms with Gasteiger partial charge >= 0.3 is 11.9 Å². The predicted molar refractivity (Wildman–Crippen MR) is 116 cm³/mol. The Morgan fingerprint density at radius 3 is 2.53 bits per heavy atom. The van der Waals surface area contributed by atoms with Gasteiger partial charge in [-0.15, -0.1) is 0 Å². The van der Waals surface area contributed by atoms with Gasteiger partial charge in [-0.3, -0.25) is 14.5 Å². The number of ether oxygens (including phenoxy) is 2. The van der Waals surface area contributed by atoms with E-state index in [1.54, 1.807) is 30.3 Å². The molecule has 30 heavy (non-hydrogen) atoms. The lowest BCUT2D eigenvalue weighted by molar-refractivity contribution is -0.143. The van der Waals surface area contributed by atoms with Gasteiger partial charge in [-0.05, 0) is 29.8 Å². The SMILES string of the molecule is COC(=O)CN1C(=O)/C(=C/c2ccccc2OCc2ccc(C(=O)O)cc2)SC1=S. The summed E-state index contributed by atoms with van der Waals surface area (Å²) >= 11 is 6.31. The lowest BCUT2D eigenvalue weighted by atomic mass is 10.1. The van der Waals surface area contributed by atoms with Crippen molar-refractivity contribution < 1.29 is 29.0 Å². The number of para-hydroxylation sites is 1. The Hall–Kier alpha value is -3.17. The number of methoxy groups -OCH3 is 1. The largest absolute Gasteiger partial charge is 0.488 e. The smallest absolute Gasteiger partial charge is 0.335 e. The van der Waals surface area contributed by atoms with E-state index in [1.807, 2.05) is 12.1 Å². The van der Waals surface area contributed by atoms with Gasteiger partial charge in [0.05, 0.1) is 17.6 Å². The summed E-state index contributed by atoms with van der Waals surface area (Å²) in [5.74, 6) is -1.35. The van der Waals surface area contributed by atoms with Gasteiger partial charge in [0.15, 0.2) is 0 Å². The van der Waals surface area contributed by atoms with Gasteiger partial charge in [0.2, 0.25) is 0 Å². The zero-order chi connectivity index (χ0) is 21.7. The molecule has 0 aliphatic carbocycles. The number of thioether (sulfide) groups is 1. The Morgan fingerprint density at radius 1 is 1.17 bits per heavy atom. The standard InChI is InChI=1S/C21H17NO6S2/c1-27-18(23)11-22-19(24)17(30-21(22)29)10-15-4-2-3-5-16(15)28-12-13-6-8-14(9-7-13)20(25)26/h2-10H,11-12H2,1H3,(H,25,26)/b17-10-. The number of amides is 1. The van der Waals surface area contributed by atoms with Gasteiger partial charge in [0.25, 0.3) is 5.91 Å². The first-order valence-corrected chi connectivity index (χ1v) is 9.97. The maximum absolute atomic E-state index is 12.6. The summed E-state index contributed by atoms with van der Waals surface area (Å²) < 4.78 is 10.8. The van der Waals surface area contributed by atoms with Crippen LogP contribution in [-0.4, -0.2) is 45.8 Å². The van der Waals surface area contributed by atoms with E-state index >= 15 is 0 Å². The van der Waals surface area contributed by atoms with Crippen LogP contribution >= 0.6 is 24.0 Å². The third-order valence-corrected chi connectivity index (χ3v) is 5.57. The summed E-state index contributed by atoms with van der Waals surface area (Å²) in [6, 6.07) is 13.6. The normalized spacial score (nSPS) is 14.8. The third kappa shape index (κ3) is 5.05. The molecule has 9 heteroatoms. The Labute approximate surface area is 182 Å². The van der Waals surface area contributed by atoms with Crippen LogP contribution < -0.4 is 4.74 Å². The molecule has 2 aromatic rings. The van der Waals surface area contributed by atoms with E-state index in [0.29, 0.717) is 16.2 Å². The molecule has 0 bridgehead atoms. The molecule has 154 valence electrons. The Bertz CT molecular complexity index is 1030. The van der Waals surface area contributed by atoms with Crippen LogP contribution in [0.25, 0.3) is 6.08 Å². The molecule has 0 atom stereocenters. The highest BCUT2D eigenvalue weighted by atomic mass is 32.2. The van der Waals surface area contributed by atoms with E-state index in [4.69, 9.17) is 22.1 Å². The topological polar surface area (TPSA) is 93.1 Å². The van der Waals surface area contributed by atoms with Crippen molar-refractivity contribution in [3.63, 3.8) is 0 Å². The van der Waals surface area contributed by atoms with Crippen LogP contribution in [0.4, 0.5) is 0 Å². The summed E-state index contributed by atoms with van der Waals surface area (Å²) in [6.45, 7) is -0.00293. The Kier molecular flexibility index (Phi) is 6.86. The quantitative estimate of drug-likeness (QED) is 0.396. The number of nitrogens with zero attached hydrogens (tertiary/aromatic N) is 1. The van der Waals surface area contributed by atoms with Gasteiger partial charge in [-0.25, -0.2) is 4.79 Å². The zero-order valence-electron chi connectivity index (χ0n) is 15.9. The average molecular weight is 444 g/mol. The van der Waals surface area contributed by atoms with E-state index in [0.717, 1.165) is 17.3 Å². The fourth-order valence-corrected chi connectivity index (χ4v) is 3.85. The van der Waals surface area contributed by atoms with E-state index in [1.165, 1.54) is 24.1 Å². The molecule has 1 aliphatic rings. The maximum atomic E-state index is 12.6. The van der Waals surface area contributed by atoms with Crippen molar-refractivity contribution in [1.82, 2.24) is 4.90 Å². The number of esters is 1. The minimum absolute atomic E-state index is 0.202. The number of thiocarbonyl (C=S) groups is 1. The predicted octanol–water partition coefficient (Wildman–Crippen LogP) is 3.34. The van der Waals surface area contributed by atoms with Crippen LogP contribution in [0, 0.1) is 0 Å². The lowest BCUT2D eigenvalue weighted by Crippen LogP contribution is -2.33. The zero-order valence-corrected chi connectivity index (χ0v) is 17.5. The van der Waals surface area contributed by atoms with E-state index in [2.05, 4.69) is 4.74 Å². The molecule has 0 unspecified atom stereocenters.